The number of para-hydroxylation sites is 1. The van der Waals surface area contributed by atoms with Gasteiger partial charge in [0.1, 0.15) is 16.9 Å². The van der Waals surface area contributed by atoms with E-state index in [1.807, 2.05) is 6.07 Å². The number of anilines is 1. The first-order chi connectivity index (χ1) is 16.1. The van der Waals surface area contributed by atoms with E-state index in [1.54, 1.807) is 63.2 Å². The highest BCUT2D eigenvalue weighted by Gasteiger charge is 2.32. The largest absolute Gasteiger partial charge is 0.465 e. The van der Waals surface area contributed by atoms with E-state index in [9.17, 15) is 14.4 Å². The number of halogens is 1. The lowest BCUT2D eigenvalue weighted by molar-refractivity contribution is 0.0549. The highest BCUT2D eigenvalue weighted by atomic mass is 79.9. The Balaban J connectivity index is 2.28. The molecule has 3 rings (SSSR count). The van der Waals surface area contributed by atoms with E-state index in [0.717, 1.165) is 0 Å². The maximum Gasteiger partial charge on any atom is 0.412 e. The predicted molar refractivity (Wildman–Crippen MR) is 129 cm³/mol. The first-order valence-electron chi connectivity index (χ1n) is 10.2. The van der Waals surface area contributed by atoms with Crippen LogP contribution in [-0.4, -0.2) is 47.6 Å². The zero-order valence-corrected chi connectivity index (χ0v) is 20.9. The third kappa shape index (κ3) is 5.45. The fraction of sp³-hybridized carbons (Fsp3) is 0.250. The quantitative estimate of drug-likeness (QED) is 0.356. The Hall–Kier alpha value is -3.66. The van der Waals surface area contributed by atoms with Crippen LogP contribution in [-0.2, 0) is 14.2 Å². The molecule has 10 heteroatoms. The van der Waals surface area contributed by atoms with Crippen molar-refractivity contribution in [2.75, 3.05) is 19.5 Å². The Kier molecular flexibility index (Phi) is 7.41. The van der Waals surface area contributed by atoms with E-state index >= 15 is 0 Å². The number of aromatic nitrogens is 2. The number of carbonyl (C=O) groups is 3. The summed E-state index contributed by atoms with van der Waals surface area (Å²) in [5, 5.41) is 7.26. The number of rotatable bonds is 5. The van der Waals surface area contributed by atoms with Crippen molar-refractivity contribution in [2.45, 2.75) is 26.4 Å². The van der Waals surface area contributed by atoms with Gasteiger partial charge in [-0.15, -0.1) is 0 Å². The summed E-state index contributed by atoms with van der Waals surface area (Å²) >= 11 is 3.41. The second kappa shape index (κ2) is 10.1. The number of hydrogen-bond donors (Lipinski definition) is 1. The molecule has 0 radical (unpaired) electrons. The maximum atomic E-state index is 12.9. The molecule has 1 heterocycles. The monoisotopic (exact) mass is 529 g/mol. The Labute approximate surface area is 205 Å². The molecule has 9 nitrogen and oxygen atoms in total. The number of amides is 1. The lowest BCUT2D eigenvalue weighted by atomic mass is 10.0. The lowest BCUT2D eigenvalue weighted by Crippen LogP contribution is -2.27. The molecular formula is C24H24BrN3O6. The van der Waals surface area contributed by atoms with Crippen LogP contribution in [0.5, 0.6) is 0 Å². The zero-order valence-electron chi connectivity index (χ0n) is 19.3. The van der Waals surface area contributed by atoms with E-state index in [0.29, 0.717) is 21.4 Å². The van der Waals surface area contributed by atoms with Gasteiger partial charge >= 0.3 is 18.0 Å². The van der Waals surface area contributed by atoms with Crippen molar-refractivity contribution >= 4 is 39.6 Å². The van der Waals surface area contributed by atoms with E-state index in [1.165, 1.54) is 18.9 Å². The Morgan fingerprint density at radius 3 is 2.21 bits per heavy atom. The SMILES string of the molecule is COC(=O)c1c(-c2cc(Br)ccc2NC(=O)OC(C)(C)C)nn(-c2ccccc2)c1C(=O)OC. The minimum Gasteiger partial charge on any atom is -0.465 e. The molecule has 1 amide bonds. The number of nitrogens with one attached hydrogen (secondary N) is 1. The zero-order chi connectivity index (χ0) is 25.0. The van der Waals surface area contributed by atoms with Crippen LogP contribution in [0.25, 0.3) is 16.9 Å². The summed E-state index contributed by atoms with van der Waals surface area (Å²) in [6.07, 6.45) is -0.689. The summed E-state index contributed by atoms with van der Waals surface area (Å²) in [5.74, 6) is -1.57. The van der Waals surface area contributed by atoms with Crippen molar-refractivity contribution in [1.82, 2.24) is 9.78 Å². The molecule has 2 aromatic carbocycles. The second-order valence-electron chi connectivity index (χ2n) is 8.12. The van der Waals surface area contributed by atoms with Gasteiger partial charge in [0.05, 0.1) is 25.6 Å². The lowest BCUT2D eigenvalue weighted by Gasteiger charge is -2.20. The summed E-state index contributed by atoms with van der Waals surface area (Å²) in [4.78, 5) is 38.2. The molecule has 0 aliphatic rings. The molecule has 0 aliphatic heterocycles. The molecule has 0 saturated heterocycles. The van der Waals surface area contributed by atoms with Crippen LogP contribution in [0.4, 0.5) is 10.5 Å². The summed E-state index contributed by atoms with van der Waals surface area (Å²) in [6, 6.07) is 13.8. The van der Waals surface area contributed by atoms with Gasteiger partial charge in [0.15, 0.2) is 5.69 Å². The normalized spacial score (nSPS) is 11.0. The third-order valence-corrected chi connectivity index (χ3v) is 5.02. The van der Waals surface area contributed by atoms with Gasteiger partial charge in [-0.3, -0.25) is 5.32 Å². The number of carbonyl (C=O) groups excluding carboxylic acids is 3. The van der Waals surface area contributed by atoms with Gasteiger partial charge in [-0.2, -0.15) is 5.10 Å². The van der Waals surface area contributed by atoms with Crippen LogP contribution >= 0.6 is 15.9 Å². The van der Waals surface area contributed by atoms with Gasteiger partial charge in [-0.1, -0.05) is 34.1 Å². The Morgan fingerprint density at radius 2 is 1.62 bits per heavy atom. The van der Waals surface area contributed by atoms with Crippen LogP contribution in [0.15, 0.2) is 53.0 Å². The Morgan fingerprint density at radius 1 is 0.971 bits per heavy atom. The van der Waals surface area contributed by atoms with Crippen LogP contribution in [0.2, 0.25) is 0 Å². The number of esters is 2. The van der Waals surface area contributed by atoms with Crippen LogP contribution in [0.1, 0.15) is 41.6 Å². The van der Waals surface area contributed by atoms with E-state index < -0.39 is 23.6 Å². The smallest absolute Gasteiger partial charge is 0.412 e. The molecular weight excluding hydrogens is 506 g/mol. The Bertz CT molecular complexity index is 1230. The van der Waals surface area contributed by atoms with Crippen LogP contribution < -0.4 is 5.32 Å². The van der Waals surface area contributed by atoms with Gasteiger partial charge in [0, 0.05) is 10.0 Å². The highest BCUT2D eigenvalue weighted by Crippen LogP contribution is 2.36. The van der Waals surface area contributed by atoms with Crippen molar-refractivity contribution in [3.63, 3.8) is 0 Å². The molecule has 1 N–H and O–H groups in total. The average Bonchev–Trinajstić information content (AvgIpc) is 3.19. The van der Waals surface area contributed by atoms with Crippen molar-refractivity contribution in [3.05, 3.63) is 64.3 Å². The molecule has 178 valence electrons. The molecule has 1 aromatic heterocycles. The fourth-order valence-electron chi connectivity index (χ4n) is 3.18. The summed E-state index contributed by atoms with van der Waals surface area (Å²) in [7, 11) is 2.41. The van der Waals surface area contributed by atoms with Crippen molar-refractivity contribution in [3.8, 4) is 16.9 Å². The van der Waals surface area contributed by atoms with E-state index in [-0.39, 0.29) is 17.0 Å². The molecule has 3 aromatic rings. The molecule has 0 fully saturated rings. The first-order valence-corrected chi connectivity index (χ1v) is 11.0. The van der Waals surface area contributed by atoms with E-state index in [2.05, 4.69) is 26.3 Å². The van der Waals surface area contributed by atoms with Gasteiger partial charge < -0.3 is 14.2 Å². The topological polar surface area (TPSA) is 109 Å². The van der Waals surface area contributed by atoms with Crippen molar-refractivity contribution < 1.29 is 28.6 Å². The number of nitrogens with zero attached hydrogens (tertiary/aromatic N) is 2. The molecule has 0 aliphatic carbocycles. The highest BCUT2D eigenvalue weighted by molar-refractivity contribution is 9.10. The minimum atomic E-state index is -0.791. The molecule has 0 unspecified atom stereocenters. The molecule has 0 bridgehead atoms. The number of methoxy groups -OCH3 is 2. The maximum absolute atomic E-state index is 12.9. The van der Waals surface area contributed by atoms with Gasteiger partial charge in [-0.05, 0) is 51.1 Å². The van der Waals surface area contributed by atoms with Crippen LogP contribution in [0, 0.1) is 0 Å². The van der Waals surface area contributed by atoms with E-state index in [4.69, 9.17) is 14.2 Å². The number of benzene rings is 2. The predicted octanol–water partition coefficient (Wildman–Crippen LogP) is 5.22. The summed E-state index contributed by atoms with van der Waals surface area (Å²) < 4.78 is 17.3. The summed E-state index contributed by atoms with van der Waals surface area (Å²) in [6.45, 7) is 5.23. The van der Waals surface area contributed by atoms with Gasteiger partial charge in [0.25, 0.3) is 0 Å². The van der Waals surface area contributed by atoms with Crippen molar-refractivity contribution in [1.29, 1.82) is 0 Å². The molecule has 0 atom stereocenters. The third-order valence-electron chi connectivity index (χ3n) is 4.53. The fourth-order valence-corrected chi connectivity index (χ4v) is 3.54. The van der Waals surface area contributed by atoms with Gasteiger partial charge in [-0.25, -0.2) is 19.1 Å². The minimum absolute atomic E-state index is 0.108. The van der Waals surface area contributed by atoms with Crippen molar-refractivity contribution in [2.24, 2.45) is 0 Å². The molecule has 0 saturated carbocycles. The molecule has 34 heavy (non-hydrogen) atoms. The number of hydrogen-bond acceptors (Lipinski definition) is 7. The summed E-state index contributed by atoms with van der Waals surface area (Å²) in [5.41, 5.74) is 0.378. The first kappa shape index (κ1) is 25.0. The van der Waals surface area contributed by atoms with Crippen LogP contribution in [0.3, 0.4) is 0 Å². The van der Waals surface area contributed by atoms with Gasteiger partial charge in [0.2, 0.25) is 0 Å². The standard InChI is InChI=1S/C24H24BrN3O6/c1-24(2,3)34-23(31)26-17-12-11-14(25)13-16(17)19-18(21(29)32-4)20(22(30)33-5)28(27-19)15-9-7-6-8-10-15/h6-13H,1-5H3,(H,26,31). The molecule has 0 spiro atoms. The second-order valence-corrected chi connectivity index (χ2v) is 9.04. The average molecular weight is 530 g/mol. The number of ether oxygens (including phenoxy) is 3.